The molecule has 0 rings (SSSR count). The van der Waals surface area contributed by atoms with Crippen LogP contribution in [0, 0.1) is 0 Å². The Morgan fingerprint density at radius 3 is 0.783 bits per heavy atom. The minimum atomic E-state index is -0.788. The second-order valence-electron chi connectivity index (χ2n) is 23.4. The molecule has 0 heterocycles. The van der Waals surface area contributed by atoms with E-state index >= 15 is 0 Å². The summed E-state index contributed by atoms with van der Waals surface area (Å²) in [5.41, 5.74) is 0. The Morgan fingerprint density at radius 1 is 0.253 bits per heavy atom. The third-order valence-corrected chi connectivity index (χ3v) is 15.2. The van der Waals surface area contributed by atoms with Crippen molar-refractivity contribution in [1.29, 1.82) is 0 Å². The van der Waals surface area contributed by atoms with Crippen LogP contribution in [0.3, 0.4) is 0 Å². The quantitative estimate of drug-likeness (QED) is 0.0261. The van der Waals surface area contributed by atoms with Gasteiger partial charge in [0, 0.05) is 19.3 Å². The Balaban J connectivity index is 4.23. The maximum absolute atomic E-state index is 12.9. The van der Waals surface area contributed by atoms with Crippen molar-refractivity contribution in [3.63, 3.8) is 0 Å². The first-order valence-corrected chi connectivity index (χ1v) is 35.4. The van der Waals surface area contributed by atoms with E-state index in [1.165, 1.54) is 186 Å². The van der Waals surface area contributed by atoms with E-state index in [-0.39, 0.29) is 31.1 Å². The van der Waals surface area contributed by atoms with E-state index in [1.54, 1.807) is 0 Å². The number of unbranched alkanes of at least 4 members (excludes halogenated alkanes) is 35. The van der Waals surface area contributed by atoms with Gasteiger partial charge in [-0.05, 0) is 122 Å². The molecule has 476 valence electrons. The second kappa shape index (κ2) is 70.6. The molecule has 0 aromatic heterocycles. The highest BCUT2D eigenvalue weighted by Crippen LogP contribution is 2.17. The molecule has 0 fully saturated rings. The largest absolute Gasteiger partial charge is 0.462 e. The van der Waals surface area contributed by atoms with E-state index in [1.807, 2.05) is 0 Å². The average Bonchev–Trinajstić information content (AvgIpc) is 3.49. The SMILES string of the molecule is CC/C=C\C/C=C\C/C=C\C/C=C\C/C=C\C/C=C\CCCCCCCCCCCCCCCCC(=O)OCC(COC(=O)CCCCCCC/C=C\C/C=C\CCCC)OC(=O)CCCCCCCCC/C=C\CCCCCCCCC. The predicted octanol–water partition coefficient (Wildman–Crippen LogP) is 24.6. The van der Waals surface area contributed by atoms with Crippen LogP contribution in [-0.2, 0) is 28.6 Å². The van der Waals surface area contributed by atoms with Crippen LogP contribution in [0.2, 0.25) is 0 Å². The van der Waals surface area contributed by atoms with Crippen molar-refractivity contribution < 1.29 is 28.6 Å². The topological polar surface area (TPSA) is 78.9 Å². The molecular weight excluding hydrogens is 1020 g/mol. The molecule has 0 spiro atoms. The number of carbonyl (C=O) groups excluding carboxylic acids is 3. The second-order valence-corrected chi connectivity index (χ2v) is 23.4. The van der Waals surface area contributed by atoms with E-state index in [9.17, 15) is 14.4 Å². The number of hydrogen-bond donors (Lipinski definition) is 0. The number of esters is 3. The van der Waals surface area contributed by atoms with Gasteiger partial charge in [0.2, 0.25) is 0 Å². The lowest BCUT2D eigenvalue weighted by Gasteiger charge is -2.18. The van der Waals surface area contributed by atoms with Gasteiger partial charge in [0.1, 0.15) is 13.2 Å². The maximum atomic E-state index is 12.9. The Kier molecular flexibility index (Phi) is 67.2. The third-order valence-electron chi connectivity index (χ3n) is 15.2. The van der Waals surface area contributed by atoms with Crippen molar-refractivity contribution in [2.75, 3.05) is 13.2 Å². The van der Waals surface area contributed by atoms with Gasteiger partial charge in [0.25, 0.3) is 0 Å². The van der Waals surface area contributed by atoms with Gasteiger partial charge in [0.15, 0.2) is 6.10 Å². The summed E-state index contributed by atoms with van der Waals surface area (Å²) in [4.78, 5) is 38.4. The average molecular weight is 1150 g/mol. The first kappa shape index (κ1) is 79.1. The third kappa shape index (κ3) is 68.7. The zero-order valence-electron chi connectivity index (χ0n) is 54.7. The van der Waals surface area contributed by atoms with Crippen LogP contribution in [0.5, 0.6) is 0 Å². The van der Waals surface area contributed by atoms with Gasteiger partial charge in [-0.3, -0.25) is 14.4 Å². The number of allylic oxidation sites excluding steroid dienone is 18. The lowest BCUT2D eigenvalue weighted by Crippen LogP contribution is -2.30. The van der Waals surface area contributed by atoms with Gasteiger partial charge >= 0.3 is 17.9 Å². The van der Waals surface area contributed by atoms with Crippen molar-refractivity contribution in [3.8, 4) is 0 Å². The summed E-state index contributed by atoms with van der Waals surface area (Å²) in [6, 6.07) is 0. The Morgan fingerprint density at radius 2 is 0.482 bits per heavy atom. The maximum Gasteiger partial charge on any atom is 0.306 e. The minimum absolute atomic E-state index is 0.0825. The van der Waals surface area contributed by atoms with Gasteiger partial charge < -0.3 is 14.2 Å². The van der Waals surface area contributed by atoms with Crippen molar-refractivity contribution >= 4 is 17.9 Å². The first-order valence-electron chi connectivity index (χ1n) is 35.4. The molecule has 6 heteroatoms. The summed E-state index contributed by atoms with van der Waals surface area (Å²) in [5, 5.41) is 0. The molecule has 0 bridgehead atoms. The fourth-order valence-electron chi connectivity index (χ4n) is 9.93. The molecular formula is C77H132O6. The van der Waals surface area contributed by atoms with Crippen LogP contribution in [0.25, 0.3) is 0 Å². The predicted molar refractivity (Wildman–Crippen MR) is 362 cm³/mol. The minimum Gasteiger partial charge on any atom is -0.462 e. The lowest BCUT2D eigenvalue weighted by atomic mass is 10.0. The standard InChI is InChI=1S/C77H132O6/c1-4-7-10-13-16-19-22-25-28-30-32-33-34-35-36-37-38-39-40-41-42-43-44-45-46-48-49-52-55-58-61-64-67-70-76(79)82-73-74(72-81-75(78)69-66-63-60-57-54-51-27-24-21-18-15-12-9-6-3)83-77(80)71-68-65-62-59-56-53-50-47-31-29-26-23-20-17-14-11-8-5-2/h7,10,15-16,18-19,24-25,27-29,31-33,35-36,38-39,74H,4-6,8-9,11-14,17,20-23,26,30,34,37,40-73H2,1-3H3/b10-7-,18-15-,19-16-,27-24-,28-25-,31-29-,33-32-,36-35-,39-38-. The highest BCUT2D eigenvalue weighted by atomic mass is 16.6. The summed E-state index contributed by atoms with van der Waals surface area (Å²) in [6.45, 7) is 6.50. The van der Waals surface area contributed by atoms with Gasteiger partial charge in [-0.15, -0.1) is 0 Å². The van der Waals surface area contributed by atoms with Crippen LogP contribution in [0.1, 0.15) is 342 Å². The normalized spacial score (nSPS) is 12.8. The van der Waals surface area contributed by atoms with Crippen molar-refractivity contribution in [3.05, 3.63) is 109 Å². The molecule has 0 N–H and O–H groups in total. The lowest BCUT2D eigenvalue weighted by molar-refractivity contribution is -0.167. The molecule has 83 heavy (non-hydrogen) atoms. The molecule has 0 aliphatic rings. The molecule has 0 aliphatic heterocycles. The summed E-state index contributed by atoms with van der Waals surface area (Å²) < 4.78 is 17.0. The van der Waals surface area contributed by atoms with E-state index in [0.717, 1.165) is 116 Å². The van der Waals surface area contributed by atoms with Crippen molar-refractivity contribution in [1.82, 2.24) is 0 Å². The first-order chi connectivity index (χ1) is 41.0. The number of rotatable bonds is 64. The molecule has 0 saturated heterocycles. The summed E-state index contributed by atoms with van der Waals surface area (Å²) >= 11 is 0. The Bertz CT molecular complexity index is 1660. The number of hydrogen-bond acceptors (Lipinski definition) is 6. The fraction of sp³-hybridized carbons (Fsp3) is 0.727. The molecule has 0 aromatic carbocycles. The zero-order chi connectivity index (χ0) is 59.9. The highest BCUT2D eigenvalue weighted by molar-refractivity contribution is 5.71. The van der Waals surface area contributed by atoms with Crippen LogP contribution >= 0.6 is 0 Å². The van der Waals surface area contributed by atoms with Crippen LogP contribution in [-0.4, -0.2) is 37.2 Å². The van der Waals surface area contributed by atoms with Gasteiger partial charge in [-0.2, -0.15) is 0 Å². The summed E-state index contributed by atoms with van der Waals surface area (Å²) in [5.74, 6) is -0.888. The molecule has 0 saturated carbocycles. The van der Waals surface area contributed by atoms with E-state index in [2.05, 4.69) is 130 Å². The van der Waals surface area contributed by atoms with E-state index in [0.29, 0.717) is 19.3 Å². The van der Waals surface area contributed by atoms with Crippen LogP contribution < -0.4 is 0 Å². The summed E-state index contributed by atoms with van der Waals surface area (Å²) in [6.07, 6.45) is 96.9. The molecule has 0 radical (unpaired) electrons. The Labute approximate surface area is 514 Å². The van der Waals surface area contributed by atoms with E-state index < -0.39 is 6.10 Å². The number of ether oxygens (including phenoxy) is 3. The van der Waals surface area contributed by atoms with Crippen LogP contribution in [0.15, 0.2) is 109 Å². The van der Waals surface area contributed by atoms with Gasteiger partial charge in [0.05, 0.1) is 0 Å². The fourth-order valence-corrected chi connectivity index (χ4v) is 9.93. The zero-order valence-corrected chi connectivity index (χ0v) is 54.7. The van der Waals surface area contributed by atoms with Crippen molar-refractivity contribution in [2.45, 2.75) is 348 Å². The molecule has 0 aromatic rings. The molecule has 0 aliphatic carbocycles. The van der Waals surface area contributed by atoms with Gasteiger partial charge in [-0.25, -0.2) is 0 Å². The molecule has 0 amide bonds. The molecule has 1 atom stereocenters. The summed E-state index contributed by atoms with van der Waals surface area (Å²) in [7, 11) is 0. The van der Waals surface area contributed by atoms with Gasteiger partial charge in [-0.1, -0.05) is 310 Å². The Hall–Kier alpha value is -3.93. The molecule has 1 unspecified atom stereocenters. The smallest absolute Gasteiger partial charge is 0.306 e. The number of carbonyl (C=O) groups is 3. The van der Waals surface area contributed by atoms with E-state index in [4.69, 9.17) is 14.2 Å². The van der Waals surface area contributed by atoms with Crippen LogP contribution in [0.4, 0.5) is 0 Å². The monoisotopic (exact) mass is 1150 g/mol. The molecule has 6 nitrogen and oxygen atoms in total. The van der Waals surface area contributed by atoms with Crippen molar-refractivity contribution in [2.24, 2.45) is 0 Å². The highest BCUT2D eigenvalue weighted by Gasteiger charge is 2.19.